The van der Waals surface area contributed by atoms with Gasteiger partial charge in [-0.2, -0.15) is 5.10 Å². The molecule has 1 aromatic heterocycles. The number of fused-ring (bicyclic) bond motifs is 1. The number of aliphatic hydroxyl groups excluding tert-OH is 1. The Labute approximate surface area is 113 Å². The molecule has 2 heterocycles. The number of aromatic nitrogens is 2. The third-order valence-corrected chi connectivity index (χ3v) is 4.07. The Balaban J connectivity index is 1.86. The lowest BCUT2D eigenvalue weighted by Crippen LogP contribution is -2.37. The number of hydrogen-bond acceptors (Lipinski definition) is 4. The first-order chi connectivity index (χ1) is 9.25. The fraction of sp³-hybridized carbons (Fsp3) is 0.467. The van der Waals surface area contributed by atoms with E-state index >= 15 is 0 Å². The maximum Gasteiger partial charge on any atom is 0.159 e. The molecular formula is C15H19N3O. The first-order valence-electron chi connectivity index (χ1n) is 6.89. The minimum Gasteiger partial charge on any atom is -0.393 e. The molecule has 0 amide bonds. The number of piperidine rings is 1. The highest BCUT2D eigenvalue weighted by Gasteiger charge is 2.24. The van der Waals surface area contributed by atoms with E-state index in [0.29, 0.717) is 5.92 Å². The average Bonchev–Trinajstić information content (AvgIpc) is 2.47. The third-order valence-electron chi connectivity index (χ3n) is 4.07. The van der Waals surface area contributed by atoms with Crippen molar-refractivity contribution in [2.45, 2.75) is 25.9 Å². The van der Waals surface area contributed by atoms with E-state index in [1.807, 2.05) is 19.1 Å². The molecule has 1 saturated heterocycles. The summed E-state index contributed by atoms with van der Waals surface area (Å²) in [6, 6.07) is 8.22. The SMILES string of the molecule is CC(O)C1CCN(c2nncc3ccccc23)CC1. The predicted molar refractivity (Wildman–Crippen MR) is 76.2 cm³/mol. The van der Waals surface area contributed by atoms with Crippen LogP contribution in [0.15, 0.2) is 30.5 Å². The van der Waals surface area contributed by atoms with Crippen molar-refractivity contribution in [2.75, 3.05) is 18.0 Å². The maximum absolute atomic E-state index is 9.66. The second-order valence-corrected chi connectivity index (χ2v) is 5.32. The van der Waals surface area contributed by atoms with Gasteiger partial charge in [0.15, 0.2) is 5.82 Å². The first kappa shape index (κ1) is 12.4. The van der Waals surface area contributed by atoms with Crippen LogP contribution in [0.4, 0.5) is 5.82 Å². The van der Waals surface area contributed by atoms with Gasteiger partial charge in [0.05, 0.1) is 12.3 Å². The Morgan fingerprint density at radius 3 is 2.74 bits per heavy atom. The van der Waals surface area contributed by atoms with Crippen molar-refractivity contribution < 1.29 is 5.11 Å². The van der Waals surface area contributed by atoms with Gasteiger partial charge >= 0.3 is 0 Å². The summed E-state index contributed by atoms with van der Waals surface area (Å²) in [4.78, 5) is 2.29. The molecule has 1 atom stereocenters. The van der Waals surface area contributed by atoms with Gasteiger partial charge in [-0.1, -0.05) is 24.3 Å². The largest absolute Gasteiger partial charge is 0.393 e. The molecule has 1 unspecified atom stereocenters. The number of aliphatic hydroxyl groups is 1. The van der Waals surface area contributed by atoms with Crippen LogP contribution in [0.25, 0.3) is 10.8 Å². The molecule has 4 heteroatoms. The van der Waals surface area contributed by atoms with Crippen LogP contribution in [-0.2, 0) is 0 Å². The summed E-state index contributed by atoms with van der Waals surface area (Å²) in [5.41, 5.74) is 0. The monoisotopic (exact) mass is 257 g/mol. The second kappa shape index (κ2) is 5.13. The van der Waals surface area contributed by atoms with Gasteiger partial charge in [0.25, 0.3) is 0 Å². The zero-order valence-electron chi connectivity index (χ0n) is 11.2. The summed E-state index contributed by atoms with van der Waals surface area (Å²) in [5.74, 6) is 1.39. The van der Waals surface area contributed by atoms with Crippen molar-refractivity contribution in [1.29, 1.82) is 0 Å². The Kier molecular flexibility index (Phi) is 3.34. The lowest BCUT2D eigenvalue weighted by molar-refractivity contribution is 0.110. The van der Waals surface area contributed by atoms with E-state index in [1.165, 1.54) is 0 Å². The van der Waals surface area contributed by atoms with Gasteiger partial charge in [0, 0.05) is 23.9 Å². The van der Waals surface area contributed by atoms with Crippen LogP contribution in [0.2, 0.25) is 0 Å². The molecule has 3 rings (SSSR count). The van der Waals surface area contributed by atoms with Crippen molar-refractivity contribution in [2.24, 2.45) is 5.92 Å². The predicted octanol–water partition coefficient (Wildman–Crippen LogP) is 2.23. The van der Waals surface area contributed by atoms with Crippen LogP contribution in [0.3, 0.4) is 0 Å². The van der Waals surface area contributed by atoms with Crippen LogP contribution in [-0.4, -0.2) is 34.5 Å². The van der Waals surface area contributed by atoms with E-state index in [0.717, 1.165) is 42.5 Å². The van der Waals surface area contributed by atoms with Crippen molar-refractivity contribution in [3.05, 3.63) is 30.5 Å². The maximum atomic E-state index is 9.66. The van der Waals surface area contributed by atoms with Gasteiger partial charge in [-0.3, -0.25) is 0 Å². The molecule has 2 aromatic rings. The molecule has 100 valence electrons. The quantitative estimate of drug-likeness (QED) is 0.896. The van der Waals surface area contributed by atoms with Crippen molar-refractivity contribution >= 4 is 16.6 Å². The molecule has 1 N–H and O–H groups in total. The fourth-order valence-corrected chi connectivity index (χ4v) is 2.84. The zero-order valence-corrected chi connectivity index (χ0v) is 11.2. The molecule has 19 heavy (non-hydrogen) atoms. The van der Waals surface area contributed by atoms with Crippen molar-refractivity contribution in [1.82, 2.24) is 10.2 Å². The molecule has 1 aliphatic heterocycles. The smallest absolute Gasteiger partial charge is 0.159 e. The highest BCUT2D eigenvalue weighted by molar-refractivity contribution is 5.91. The van der Waals surface area contributed by atoms with E-state index in [1.54, 1.807) is 6.20 Å². The highest BCUT2D eigenvalue weighted by atomic mass is 16.3. The normalized spacial score (nSPS) is 18.7. The molecule has 1 aromatic carbocycles. The number of nitrogens with zero attached hydrogens (tertiary/aromatic N) is 3. The number of rotatable bonds is 2. The Morgan fingerprint density at radius 1 is 1.26 bits per heavy atom. The van der Waals surface area contributed by atoms with Crippen molar-refractivity contribution in [3.8, 4) is 0 Å². The van der Waals surface area contributed by atoms with Crippen LogP contribution < -0.4 is 4.90 Å². The van der Waals surface area contributed by atoms with Crippen LogP contribution in [0.1, 0.15) is 19.8 Å². The van der Waals surface area contributed by atoms with E-state index in [4.69, 9.17) is 0 Å². The Morgan fingerprint density at radius 2 is 2.00 bits per heavy atom. The molecule has 0 aliphatic carbocycles. The Bertz CT molecular complexity index is 557. The van der Waals surface area contributed by atoms with E-state index < -0.39 is 0 Å². The van der Waals surface area contributed by atoms with Crippen LogP contribution in [0.5, 0.6) is 0 Å². The van der Waals surface area contributed by atoms with E-state index in [-0.39, 0.29) is 6.10 Å². The molecule has 0 spiro atoms. The van der Waals surface area contributed by atoms with Crippen molar-refractivity contribution in [3.63, 3.8) is 0 Å². The second-order valence-electron chi connectivity index (χ2n) is 5.32. The van der Waals surface area contributed by atoms with Crippen LogP contribution in [0, 0.1) is 5.92 Å². The molecule has 0 saturated carbocycles. The summed E-state index contributed by atoms with van der Waals surface area (Å²) < 4.78 is 0. The summed E-state index contributed by atoms with van der Waals surface area (Å²) in [7, 11) is 0. The fourth-order valence-electron chi connectivity index (χ4n) is 2.84. The minimum absolute atomic E-state index is 0.208. The summed E-state index contributed by atoms with van der Waals surface area (Å²) in [6.07, 6.45) is 3.63. The average molecular weight is 257 g/mol. The molecule has 1 fully saturated rings. The van der Waals surface area contributed by atoms with Gasteiger partial charge in [-0.15, -0.1) is 5.10 Å². The first-order valence-corrected chi connectivity index (χ1v) is 6.89. The Hall–Kier alpha value is -1.68. The van der Waals surface area contributed by atoms with Gasteiger partial charge < -0.3 is 10.0 Å². The highest BCUT2D eigenvalue weighted by Crippen LogP contribution is 2.28. The molecule has 0 bridgehead atoms. The van der Waals surface area contributed by atoms with E-state index in [9.17, 15) is 5.11 Å². The molecule has 0 radical (unpaired) electrons. The number of anilines is 1. The van der Waals surface area contributed by atoms with Gasteiger partial charge in [-0.25, -0.2) is 0 Å². The molecule has 4 nitrogen and oxygen atoms in total. The van der Waals surface area contributed by atoms with Gasteiger partial charge in [0.2, 0.25) is 0 Å². The van der Waals surface area contributed by atoms with Crippen LogP contribution >= 0.6 is 0 Å². The summed E-state index contributed by atoms with van der Waals surface area (Å²) >= 11 is 0. The molecular weight excluding hydrogens is 238 g/mol. The number of benzene rings is 1. The molecule has 1 aliphatic rings. The van der Waals surface area contributed by atoms with E-state index in [2.05, 4.69) is 27.2 Å². The lowest BCUT2D eigenvalue weighted by atomic mass is 9.92. The summed E-state index contributed by atoms with van der Waals surface area (Å²) in [6.45, 7) is 3.77. The minimum atomic E-state index is -0.208. The summed E-state index contributed by atoms with van der Waals surface area (Å²) in [5, 5.41) is 20.4. The third kappa shape index (κ3) is 2.40. The number of hydrogen-bond donors (Lipinski definition) is 1. The topological polar surface area (TPSA) is 49.2 Å². The standard InChI is InChI=1S/C15H19N3O/c1-11(19)12-6-8-18(9-7-12)15-14-5-3-2-4-13(14)10-16-17-15/h2-5,10-12,19H,6-9H2,1H3. The van der Waals surface area contributed by atoms with Gasteiger partial charge in [-0.05, 0) is 25.7 Å². The lowest BCUT2D eigenvalue weighted by Gasteiger charge is -2.34. The van der Waals surface area contributed by atoms with Gasteiger partial charge in [0.1, 0.15) is 0 Å². The zero-order chi connectivity index (χ0) is 13.2.